The molecule has 1 fully saturated rings. The fourth-order valence-electron chi connectivity index (χ4n) is 2.78. The molecule has 1 unspecified atom stereocenters. The molecular formula is C16H25N3O2. The second kappa shape index (κ2) is 8.00. The van der Waals surface area contributed by atoms with Crippen LogP contribution in [0.4, 0.5) is 0 Å². The van der Waals surface area contributed by atoms with Gasteiger partial charge >= 0.3 is 0 Å². The van der Waals surface area contributed by atoms with E-state index in [9.17, 15) is 4.79 Å². The first-order valence-electron chi connectivity index (χ1n) is 7.64. The number of ether oxygens (including phenoxy) is 1. The van der Waals surface area contributed by atoms with Crippen LogP contribution in [-0.4, -0.2) is 43.1 Å². The Kier molecular flexibility index (Phi) is 6.02. The molecule has 5 heteroatoms. The molecule has 2 rings (SSSR count). The number of primary amides is 1. The molecule has 0 aliphatic carbocycles. The Morgan fingerprint density at radius 1 is 1.43 bits per heavy atom. The molecule has 0 saturated carbocycles. The predicted molar refractivity (Wildman–Crippen MR) is 83.1 cm³/mol. The number of nitrogens with one attached hydrogen (secondary N) is 1. The van der Waals surface area contributed by atoms with Gasteiger partial charge in [0.1, 0.15) is 5.75 Å². The Labute approximate surface area is 126 Å². The van der Waals surface area contributed by atoms with E-state index >= 15 is 0 Å². The van der Waals surface area contributed by atoms with Crippen LogP contribution in [0.1, 0.15) is 25.3 Å². The zero-order valence-corrected chi connectivity index (χ0v) is 12.7. The van der Waals surface area contributed by atoms with E-state index in [0.717, 1.165) is 19.6 Å². The van der Waals surface area contributed by atoms with E-state index in [-0.39, 0.29) is 6.61 Å². The molecular weight excluding hydrogens is 266 g/mol. The quantitative estimate of drug-likeness (QED) is 0.753. The first-order chi connectivity index (χ1) is 10.2. The SMILES string of the molecule is CCN1CCCC1CNCc1ccc(OCC(N)=O)cc1. The standard InChI is InChI=1S/C16H25N3O2/c1-2-19-9-3-4-14(19)11-18-10-13-5-7-15(8-6-13)21-12-16(17)20/h5-8,14,18H,2-4,9-12H2,1H3,(H2,17,20). The number of likely N-dealkylation sites (tertiary alicyclic amines) is 1. The van der Waals surface area contributed by atoms with E-state index in [4.69, 9.17) is 10.5 Å². The number of rotatable bonds is 8. The van der Waals surface area contributed by atoms with Gasteiger partial charge < -0.3 is 15.8 Å². The second-order valence-corrected chi connectivity index (χ2v) is 5.45. The van der Waals surface area contributed by atoms with E-state index < -0.39 is 5.91 Å². The molecule has 1 heterocycles. The molecule has 116 valence electrons. The molecule has 1 atom stereocenters. The summed E-state index contributed by atoms with van der Waals surface area (Å²) in [4.78, 5) is 13.2. The van der Waals surface area contributed by atoms with Crippen molar-refractivity contribution in [3.8, 4) is 5.75 Å². The van der Waals surface area contributed by atoms with Crippen LogP contribution in [0.3, 0.4) is 0 Å². The van der Waals surface area contributed by atoms with Crippen molar-refractivity contribution in [1.82, 2.24) is 10.2 Å². The summed E-state index contributed by atoms with van der Waals surface area (Å²) in [7, 11) is 0. The van der Waals surface area contributed by atoms with Crippen LogP contribution in [0, 0.1) is 0 Å². The zero-order chi connectivity index (χ0) is 15.1. The van der Waals surface area contributed by atoms with Gasteiger partial charge in [0.05, 0.1) is 0 Å². The van der Waals surface area contributed by atoms with Crippen LogP contribution in [0.2, 0.25) is 0 Å². The minimum Gasteiger partial charge on any atom is -0.484 e. The normalized spacial score (nSPS) is 18.8. The highest BCUT2D eigenvalue weighted by atomic mass is 16.5. The molecule has 1 saturated heterocycles. The maximum atomic E-state index is 10.6. The molecule has 1 aromatic rings. The number of nitrogens with two attached hydrogens (primary N) is 1. The van der Waals surface area contributed by atoms with Crippen molar-refractivity contribution in [2.45, 2.75) is 32.4 Å². The molecule has 5 nitrogen and oxygen atoms in total. The third-order valence-electron chi connectivity index (χ3n) is 3.92. The van der Waals surface area contributed by atoms with Crippen LogP contribution in [0.5, 0.6) is 5.75 Å². The Morgan fingerprint density at radius 2 is 2.19 bits per heavy atom. The highest BCUT2D eigenvalue weighted by Crippen LogP contribution is 2.16. The lowest BCUT2D eigenvalue weighted by molar-refractivity contribution is -0.119. The number of carbonyl (C=O) groups excluding carboxylic acids is 1. The van der Waals surface area contributed by atoms with Crippen molar-refractivity contribution in [3.05, 3.63) is 29.8 Å². The number of hydrogen-bond acceptors (Lipinski definition) is 4. The molecule has 0 aromatic heterocycles. The van der Waals surface area contributed by atoms with Gasteiger partial charge in [-0.25, -0.2) is 0 Å². The molecule has 21 heavy (non-hydrogen) atoms. The largest absolute Gasteiger partial charge is 0.484 e. The van der Waals surface area contributed by atoms with Crippen LogP contribution in [0.15, 0.2) is 24.3 Å². The first kappa shape index (κ1) is 15.8. The topological polar surface area (TPSA) is 67.6 Å². The summed E-state index contributed by atoms with van der Waals surface area (Å²) in [5.74, 6) is 0.211. The Balaban J connectivity index is 1.72. The third kappa shape index (κ3) is 5.02. The van der Waals surface area contributed by atoms with Gasteiger partial charge in [-0.3, -0.25) is 9.69 Å². The van der Waals surface area contributed by atoms with Crippen molar-refractivity contribution in [1.29, 1.82) is 0 Å². The van der Waals surface area contributed by atoms with Gasteiger partial charge in [0.2, 0.25) is 0 Å². The number of hydrogen-bond donors (Lipinski definition) is 2. The number of amides is 1. The molecule has 1 aliphatic rings. The van der Waals surface area contributed by atoms with Crippen molar-refractivity contribution in [2.75, 3.05) is 26.2 Å². The lowest BCUT2D eigenvalue weighted by Gasteiger charge is -2.23. The summed E-state index contributed by atoms with van der Waals surface area (Å²) in [6.45, 7) is 6.40. The highest BCUT2D eigenvalue weighted by Gasteiger charge is 2.21. The molecule has 0 bridgehead atoms. The van der Waals surface area contributed by atoms with Crippen LogP contribution >= 0.6 is 0 Å². The fraction of sp³-hybridized carbons (Fsp3) is 0.562. The van der Waals surface area contributed by atoms with Gasteiger partial charge in [0.25, 0.3) is 5.91 Å². The van der Waals surface area contributed by atoms with Crippen LogP contribution < -0.4 is 15.8 Å². The monoisotopic (exact) mass is 291 g/mol. The predicted octanol–water partition coefficient (Wildman–Crippen LogP) is 1.12. The van der Waals surface area contributed by atoms with Crippen LogP contribution in [-0.2, 0) is 11.3 Å². The summed E-state index contributed by atoms with van der Waals surface area (Å²) in [6.07, 6.45) is 2.60. The molecule has 3 N–H and O–H groups in total. The third-order valence-corrected chi connectivity index (χ3v) is 3.92. The molecule has 1 aromatic carbocycles. The number of nitrogens with zero attached hydrogens (tertiary/aromatic N) is 1. The zero-order valence-electron chi connectivity index (χ0n) is 12.7. The summed E-state index contributed by atoms with van der Waals surface area (Å²) in [5.41, 5.74) is 6.25. The first-order valence-corrected chi connectivity index (χ1v) is 7.64. The van der Waals surface area contributed by atoms with Crippen molar-refractivity contribution < 1.29 is 9.53 Å². The summed E-state index contributed by atoms with van der Waals surface area (Å²) in [6, 6.07) is 8.43. The van der Waals surface area contributed by atoms with Gasteiger partial charge in [-0.05, 0) is 43.6 Å². The Bertz CT molecular complexity index is 447. The Hall–Kier alpha value is -1.59. The van der Waals surface area contributed by atoms with E-state index in [1.807, 2.05) is 24.3 Å². The van der Waals surface area contributed by atoms with Gasteiger partial charge in [-0.15, -0.1) is 0 Å². The maximum Gasteiger partial charge on any atom is 0.255 e. The van der Waals surface area contributed by atoms with Crippen molar-refractivity contribution >= 4 is 5.91 Å². The van der Waals surface area contributed by atoms with E-state index in [1.54, 1.807) is 0 Å². The summed E-state index contributed by atoms with van der Waals surface area (Å²) >= 11 is 0. The van der Waals surface area contributed by atoms with Crippen LogP contribution in [0.25, 0.3) is 0 Å². The lowest BCUT2D eigenvalue weighted by Crippen LogP contribution is -2.37. The number of carbonyl (C=O) groups is 1. The summed E-state index contributed by atoms with van der Waals surface area (Å²) < 4.78 is 5.24. The van der Waals surface area contributed by atoms with E-state index in [0.29, 0.717) is 11.8 Å². The molecule has 1 amide bonds. The highest BCUT2D eigenvalue weighted by molar-refractivity contribution is 5.75. The van der Waals surface area contributed by atoms with Crippen molar-refractivity contribution in [3.63, 3.8) is 0 Å². The smallest absolute Gasteiger partial charge is 0.255 e. The lowest BCUT2D eigenvalue weighted by atomic mass is 10.2. The minimum absolute atomic E-state index is 0.0773. The number of benzene rings is 1. The van der Waals surface area contributed by atoms with E-state index in [2.05, 4.69) is 17.1 Å². The van der Waals surface area contributed by atoms with Gasteiger partial charge in [-0.2, -0.15) is 0 Å². The summed E-state index contributed by atoms with van der Waals surface area (Å²) in [5, 5.41) is 3.52. The van der Waals surface area contributed by atoms with Gasteiger partial charge in [-0.1, -0.05) is 19.1 Å². The average Bonchev–Trinajstić information content (AvgIpc) is 2.94. The van der Waals surface area contributed by atoms with Crippen molar-refractivity contribution in [2.24, 2.45) is 5.73 Å². The van der Waals surface area contributed by atoms with Gasteiger partial charge in [0, 0.05) is 19.1 Å². The van der Waals surface area contributed by atoms with E-state index in [1.165, 1.54) is 24.9 Å². The van der Waals surface area contributed by atoms with Gasteiger partial charge in [0.15, 0.2) is 6.61 Å². The fourth-order valence-corrected chi connectivity index (χ4v) is 2.78. The average molecular weight is 291 g/mol. The maximum absolute atomic E-state index is 10.6. The molecule has 0 spiro atoms. The molecule has 1 aliphatic heterocycles. The number of likely N-dealkylation sites (N-methyl/N-ethyl adjacent to an activating group) is 1. The Morgan fingerprint density at radius 3 is 2.86 bits per heavy atom. The minimum atomic E-state index is -0.460. The second-order valence-electron chi connectivity index (χ2n) is 5.45. The molecule has 0 radical (unpaired) electrons.